The van der Waals surface area contributed by atoms with Gasteiger partial charge in [-0.15, -0.1) is 0 Å². The normalized spacial score (nSPS) is 11.1. The number of hydrogen-bond donors (Lipinski definition) is 2. The number of aromatic hydroxyl groups is 2. The zero-order chi connectivity index (χ0) is 18.4. The summed E-state index contributed by atoms with van der Waals surface area (Å²) in [6.45, 7) is 0. The topological polar surface area (TPSA) is 118 Å². The third-order valence-electron chi connectivity index (χ3n) is 3.97. The predicted octanol–water partition coefficient (Wildman–Crippen LogP) is 2.54. The molecule has 26 heavy (non-hydrogen) atoms. The maximum atomic E-state index is 12.7. The first-order chi connectivity index (χ1) is 12.5. The van der Waals surface area contributed by atoms with Crippen LogP contribution in [0, 0.1) is 0 Å². The molecule has 2 N–H and O–H groups in total. The molecule has 7 nitrogen and oxygen atoms in total. The van der Waals surface area contributed by atoms with Crippen LogP contribution in [0.4, 0.5) is 0 Å². The molecule has 0 fully saturated rings. The van der Waals surface area contributed by atoms with Gasteiger partial charge in [-0.2, -0.15) is 0 Å². The second-order valence-electron chi connectivity index (χ2n) is 5.62. The van der Waals surface area contributed by atoms with E-state index in [9.17, 15) is 24.6 Å². The lowest BCUT2D eigenvalue weighted by molar-refractivity contribution is 0.103. The van der Waals surface area contributed by atoms with Gasteiger partial charge in [0, 0.05) is 10.8 Å². The Kier molecular flexibility index (Phi) is 3.37. The van der Waals surface area contributed by atoms with Gasteiger partial charge < -0.3 is 19.0 Å². The molecule has 0 aliphatic heterocycles. The number of hydrogen-bond acceptors (Lipinski definition) is 7. The van der Waals surface area contributed by atoms with Gasteiger partial charge >= 0.3 is 11.3 Å². The molecule has 128 valence electrons. The van der Waals surface area contributed by atoms with Crippen molar-refractivity contribution in [3.8, 4) is 11.5 Å². The number of benzene rings is 2. The molecular formula is C19H10O7. The summed E-state index contributed by atoms with van der Waals surface area (Å²) in [6, 6.07) is 11.3. The fourth-order valence-corrected chi connectivity index (χ4v) is 2.72. The zero-order valence-electron chi connectivity index (χ0n) is 13.1. The number of para-hydroxylation sites is 2. The van der Waals surface area contributed by atoms with Crippen LogP contribution in [0.25, 0.3) is 21.9 Å². The van der Waals surface area contributed by atoms with Crippen molar-refractivity contribution >= 4 is 27.7 Å². The number of rotatable bonds is 2. The minimum Gasteiger partial charge on any atom is -0.504 e. The van der Waals surface area contributed by atoms with Crippen LogP contribution in [0.5, 0.6) is 11.5 Å². The van der Waals surface area contributed by atoms with Crippen LogP contribution < -0.4 is 11.3 Å². The molecule has 0 amide bonds. The van der Waals surface area contributed by atoms with Crippen molar-refractivity contribution in [3.05, 3.63) is 80.5 Å². The lowest BCUT2D eigenvalue weighted by Gasteiger charge is -2.04. The monoisotopic (exact) mass is 350 g/mol. The van der Waals surface area contributed by atoms with E-state index in [0.717, 1.165) is 0 Å². The van der Waals surface area contributed by atoms with E-state index >= 15 is 0 Å². The lowest BCUT2D eigenvalue weighted by atomic mass is 10.0. The minimum absolute atomic E-state index is 0.0514. The number of phenols is 2. The van der Waals surface area contributed by atoms with Crippen LogP contribution in [0.15, 0.2) is 67.0 Å². The Morgan fingerprint density at radius 3 is 1.58 bits per heavy atom. The molecule has 0 bridgehead atoms. The van der Waals surface area contributed by atoms with Crippen LogP contribution in [0.1, 0.15) is 15.9 Å². The van der Waals surface area contributed by atoms with Gasteiger partial charge in [0.2, 0.25) is 5.78 Å². The van der Waals surface area contributed by atoms with Gasteiger partial charge in [0.25, 0.3) is 0 Å². The van der Waals surface area contributed by atoms with E-state index in [1.807, 2.05) is 0 Å². The van der Waals surface area contributed by atoms with Crippen LogP contribution in [-0.4, -0.2) is 16.0 Å². The van der Waals surface area contributed by atoms with E-state index < -0.39 is 17.0 Å². The predicted molar refractivity (Wildman–Crippen MR) is 91.7 cm³/mol. The van der Waals surface area contributed by atoms with E-state index in [-0.39, 0.29) is 33.8 Å². The van der Waals surface area contributed by atoms with Gasteiger partial charge in [-0.05, 0) is 24.3 Å². The zero-order valence-corrected chi connectivity index (χ0v) is 13.1. The van der Waals surface area contributed by atoms with Crippen LogP contribution in [0.2, 0.25) is 0 Å². The van der Waals surface area contributed by atoms with Gasteiger partial charge in [0.15, 0.2) is 22.7 Å². The highest BCUT2D eigenvalue weighted by Gasteiger charge is 2.21. The van der Waals surface area contributed by atoms with Crippen molar-refractivity contribution in [1.82, 2.24) is 0 Å². The Balaban J connectivity index is 1.94. The molecule has 0 saturated heterocycles. The number of carbonyl (C=O) groups excluding carboxylic acids is 1. The highest BCUT2D eigenvalue weighted by Crippen LogP contribution is 2.25. The van der Waals surface area contributed by atoms with Crippen molar-refractivity contribution in [1.29, 1.82) is 0 Å². The Hall–Kier alpha value is -3.87. The Bertz CT molecular complexity index is 1210. The van der Waals surface area contributed by atoms with E-state index in [2.05, 4.69) is 0 Å². The molecule has 0 radical (unpaired) electrons. The van der Waals surface area contributed by atoms with E-state index in [0.29, 0.717) is 10.8 Å². The number of phenolic OH excluding ortho intramolecular Hbond substituents is 2. The van der Waals surface area contributed by atoms with Crippen LogP contribution in [0.3, 0.4) is 0 Å². The van der Waals surface area contributed by atoms with Crippen LogP contribution >= 0.6 is 0 Å². The molecule has 0 saturated carbocycles. The first-order valence-electron chi connectivity index (χ1n) is 7.52. The summed E-state index contributed by atoms with van der Waals surface area (Å²) < 4.78 is 10.0. The average Bonchev–Trinajstić information content (AvgIpc) is 2.62. The van der Waals surface area contributed by atoms with E-state index in [1.165, 1.54) is 36.4 Å². The van der Waals surface area contributed by atoms with Crippen molar-refractivity contribution in [2.45, 2.75) is 0 Å². The SMILES string of the molecule is O=C(c1cc2cccc(O)c2oc1=O)c1cc2cccc(O)c2oc1=O. The average molecular weight is 350 g/mol. The Morgan fingerprint density at radius 2 is 1.15 bits per heavy atom. The van der Waals surface area contributed by atoms with Gasteiger partial charge in [0.1, 0.15) is 11.1 Å². The summed E-state index contributed by atoms with van der Waals surface area (Å²) in [4.78, 5) is 37.0. The van der Waals surface area contributed by atoms with Crippen molar-refractivity contribution in [2.75, 3.05) is 0 Å². The summed E-state index contributed by atoms with van der Waals surface area (Å²) in [7, 11) is 0. The summed E-state index contributed by atoms with van der Waals surface area (Å²) in [6.07, 6.45) is 0. The van der Waals surface area contributed by atoms with Crippen molar-refractivity contribution in [2.24, 2.45) is 0 Å². The molecule has 0 spiro atoms. The third kappa shape index (κ3) is 2.34. The fraction of sp³-hybridized carbons (Fsp3) is 0. The first-order valence-corrected chi connectivity index (χ1v) is 7.52. The molecular weight excluding hydrogens is 340 g/mol. The van der Waals surface area contributed by atoms with Crippen LogP contribution in [-0.2, 0) is 0 Å². The highest BCUT2D eigenvalue weighted by molar-refractivity contribution is 6.10. The lowest BCUT2D eigenvalue weighted by Crippen LogP contribution is -2.20. The third-order valence-corrected chi connectivity index (χ3v) is 3.97. The second-order valence-corrected chi connectivity index (χ2v) is 5.62. The van der Waals surface area contributed by atoms with E-state index in [4.69, 9.17) is 8.83 Å². The maximum absolute atomic E-state index is 12.7. The molecule has 0 unspecified atom stereocenters. The Labute approximate surface area is 144 Å². The molecule has 0 aliphatic carbocycles. The first kappa shape index (κ1) is 15.6. The quantitative estimate of drug-likeness (QED) is 0.421. The largest absolute Gasteiger partial charge is 0.504 e. The molecule has 2 heterocycles. The fourth-order valence-electron chi connectivity index (χ4n) is 2.72. The Morgan fingerprint density at radius 1 is 0.731 bits per heavy atom. The summed E-state index contributed by atoms with van der Waals surface area (Å²) >= 11 is 0. The maximum Gasteiger partial charge on any atom is 0.347 e. The van der Waals surface area contributed by atoms with Gasteiger partial charge in [0.05, 0.1) is 0 Å². The van der Waals surface area contributed by atoms with Gasteiger partial charge in [-0.25, -0.2) is 9.59 Å². The standard InChI is InChI=1S/C19H10O7/c20-13-5-1-3-9-7-11(18(23)25-16(9)13)15(22)12-8-10-4-2-6-14(21)17(10)26-19(12)24/h1-8,20-21H. The summed E-state index contributed by atoms with van der Waals surface area (Å²) in [5.74, 6) is -1.35. The smallest absolute Gasteiger partial charge is 0.347 e. The second kappa shape index (κ2) is 5.59. The molecule has 0 aliphatic rings. The number of fused-ring (bicyclic) bond motifs is 2. The number of carbonyl (C=O) groups is 1. The van der Waals surface area contributed by atoms with Crippen molar-refractivity contribution in [3.63, 3.8) is 0 Å². The minimum atomic E-state index is -0.987. The molecule has 0 atom stereocenters. The number of ketones is 1. The molecule has 2 aromatic carbocycles. The molecule has 4 rings (SSSR count). The van der Waals surface area contributed by atoms with Crippen molar-refractivity contribution < 1.29 is 23.8 Å². The van der Waals surface area contributed by atoms with Gasteiger partial charge in [-0.3, -0.25) is 4.79 Å². The van der Waals surface area contributed by atoms with E-state index in [1.54, 1.807) is 12.1 Å². The molecule has 4 aromatic rings. The molecule has 7 heteroatoms. The molecule has 2 aromatic heterocycles. The summed E-state index contributed by atoms with van der Waals surface area (Å²) in [5.41, 5.74) is -2.81. The highest BCUT2D eigenvalue weighted by atomic mass is 16.4. The van der Waals surface area contributed by atoms with Gasteiger partial charge in [-0.1, -0.05) is 24.3 Å². The summed E-state index contributed by atoms with van der Waals surface area (Å²) in [5, 5.41) is 20.1.